The van der Waals surface area contributed by atoms with Crippen LogP contribution >= 0.6 is 0 Å². The maximum absolute atomic E-state index is 12.0. The SMILES string of the molecule is CCCCCCCCC(=O)Oc1cc[c]c2c1CCCC2. The Bertz CT molecular complexity index is 451. The van der Waals surface area contributed by atoms with Gasteiger partial charge in [-0.2, -0.15) is 0 Å². The molecule has 0 saturated heterocycles. The smallest absolute Gasteiger partial charge is 0.311 e. The lowest BCUT2D eigenvalue weighted by Crippen LogP contribution is -2.12. The van der Waals surface area contributed by atoms with Gasteiger partial charge in [-0.3, -0.25) is 4.79 Å². The van der Waals surface area contributed by atoms with Crippen LogP contribution in [0, 0.1) is 6.07 Å². The van der Waals surface area contributed by atoms with Gasteiger partial charge in [0.1, 0.15) is 5.75 Å². The highest BCUT2D eigenvalue weighted by Crippen LogP contribution is 2.29. The van der Waals surface area contributed by atoms with Crippen LogP contribution < -0.4 is 4.74 Å². The van der Waals surface area contributed by atoms with Gasteiger partial charge in [-0.15, -0.1) is 0 Å². The molecule has 21 heavy (non-hydrogen) atoms. The summed E-state index contributed by atoms with van der Waals surface area (Å²) in [7, 11) is 0. The standard InChI is InChI=1S/C19H27O2/c1-2-3-4-5-6-7-15-19(20)21-18-14-10-12-16-11-8-9-13-17(16)18/h10,14H,2-9,11,13,15H2,1H3. The number of benzene rings is 1. The van der Waals surface area contributed by atoms with E-state index >= 15 is 0 Å². The molecule has 1 aliphatic carbocycles. The minimum Gasteiger partial charge on any atom is -0.426 e. The molecule has 0 spiro atoms. The van der Waals surface area contributed by atoms with Crippen LogP contribution in [0.1, 0.15) is 75.8 Å². The molecule has 0 fully saturated rings. The molecular weight excluding hydrogens is 260 g/mol. The van der Waals surface area contributed by atoms with Crippen LogP contribution in [0.2, 0.25) is 0 Å². The van der Waals surface area contributed by atoms with Crippen molar-refractivity contribution in [3.8, 4) is 5.75 Å². The van der Waals surface area contributed by atoms with E-state index in [9.17, 15) is 4.79 Å². The first-order valence-corrected chi connectivity index (χ1v) is 8.54. The van der Waals surface area contributed by atoms with Crippen LogP contribution in [-0.4, -0.2) is 5.97 Å². The Labute approximate surface area is 128 Å². The Morgan fingerprint density at radius 1 is 1.14 bits per heavy atom. The summed E-state index contributed by atoms with van der Waals surface area (Å²) in [5.41, 5.74) is 2.45. The normalized spacial score (nSPS) is 13.8. The quantitative estimate of drug-likeness (QED) is 0.381. The molecule has 0 aliphatic heterocycles. The summed E-state index contributed by atoms with van der Waals surface area (Å²) in [6.07, 6.45) is 12.2. The fourth-order valence-corrected chi connectivity index (χ4v) is 2.97. The number of fused-ring (bicyclic) bond motifs is 1. The van der Waals surface area contributed by atoms with Crippen LogP contribution in [0.15, 0.2) is 12.1 Å². The van der Waals surface area contributed by atoms with Crippen molar-refractivity contribution in [1.82, 2.24) is 0 Å². The zero-order chi connectivity index (χ0) is 14.9. The second-order valence-electron chi connectivity index (χ2n) is 6.00. The first-order chi connectivity index (χ1) is 10.3. The van der Waals surface area contributed by atoms with Crippen LogP contribution in [0.4, 0.5) is 0 Å². The van der Waals surface area contributed by atoms with Crippen molar-refractivity contribution >= 4 is 5.97 Å². The third-order valence-electron chi connectivity index (χ3n) is 4.22. The molecule has 0 saturated carbocycles. The molecule has 0 atom stereocenters. The molecule has 0 amide bonds. The number of unbranched alkanes of at least 4 members (excludes halogenated alkanes) is 5. The number of hydrogen-bond donors (Lipinski definition) is 0. The van der Waals surface area contributed by atoms with E-state index in [1.807, 2.05) is 12.1 Å². The van der Waals surface area contributed by atoms with Crippen LogP contribution in [0.3, 0.4) is 0 Å². The van der Waals surface area contributed by atoms with Gasteiger partial charge in [0, 0.05) is 6.42 Å². The molecule has 0 heterocycles. The summed E-state index contributed by atoms with van der Waals surface area (Å²) in [4.78, 5) is 12.0. The van der Waals surface area contributed by atoms with E-state index < -0.39 is 0 Å². The first-order valence-electron chi connectivity index (χ1n) is 8.54. The molecule has 0 bridgehead atoms. The van der Waals surface area contributed by atoms with Gasteiger partial charge in [0.15, 0.2) is 0 Å². The van der Waals surface area contributed by atoms with E-state index in [0.29, 0.717) is 6.42 Å². The Balaban J connectivity index is 1.75. The molecule has 115 valence electrons. The van der Waals surface area contributed by atoms with Gasteiger partial charge < -0.3 is 4.74 Å². The predicted octanol–water partition coefficient (Wildman–Crippen LogP) is 5.02. The zero-order valence-corrected chi connectivity index (χ0v) is 13.2. The lowest BCUT2D eigenvalue weighted by atomic mass is 9.91. The van der Waals surface area contributed by atoms with Crippen molar-refractivity contribution in [3.05, 3.63) is 29.3 Å². The van der Waals surface area contributed by atoms with Crippen molar-refractivity contribution < 1.29 is 9.53 Å². The lowest BCUT2D eigenvalue weighted by molar-refractivity contribution is -0.134. The summed E-state index contributed by atoms with van der Waals surface area (Å²) in [6.45, 7) is 2.22. The predicted molar refractivity (Wildman–Crippen MR) is 85.5 cm³/mol. The molecule has 2 heteroatoms. The number of carbonyl (C=O) groups excluding carboxylic acids is 1. The van der Waals surface area contributed by atoms with Gasteiger partial charge >= 0.3 is 5.97 Å². The van der Waals surface area contributed by atoms with Gasteiger partial charge in [0.25, 0.3) is 0 Å². The molecule has 1 aromatic rings. The molecule has 2 nitrogen and oxygen atoms in total. The second-order valence-corrected chi connectivity index (χ2v) is 6.00. The highest BCUT2D eigenvalue weighted by atomic mass is 16.5. The monoisotopic (exact) mass is 287 g/mol. The van der Waals surface area contributed by atoms with E-state index in [-0.39, 0.29) is 5.97 Å². The molecule has 0 unspecified atom stereocenters. The van der Waals surface area contributed by atoms with E-state index in [0.717, 1.165) is 31.4 Å². The number of aryl methyl sites for hydroxylation is 1. The topological polar surface area (TPSA) is 26.3 Å². The van der Waals surface area contributed by atoms with Crippen LogP contribution in [-0.2, 0) is 17.6 Å². The first kappa shape index (κ1) is 16.1. The average Bonchev–Trinajstić information content (AvgIpc) is 2.51. The van der Waals surface area contributed by atoms with Gasteiger partial charge in [-0.1, -0.05) is 45.1 Å². The molecule has 0 N–H and O–H groups in total. The minimum absolute atomic E-state index is 0.0792. The fraction of sp³-hybridized carbons (Fsp3) is 0.632. The molecule has 1 aliphatic rings. The number of rotatable bonds is 8. The second kappa shape index (κ2) is 8.86. The van der Waals surface area contributed by atoms with E-state index in [2.05, 4.69) is 13.0 Å². The van der Waals surface area contributed by atoms with E-state index in [4.69, 9.17) is 4.74 Å². The number of hydrogen-bond acceptors (Lipinski definition) is 2. The molecular formula is C19H27O2. The molecule has 0 aromatic heterocycles. The van der Waals surface area contributed by atoms with Gasteiger partial charge in [-0.05, 0) is 55.4 Å². The molecule has 2 rings (SSSR count). The van der Waals surface area contributed by atoms with Crippen LogP contribution in [0.5, 0.6) is 5.75 Å². The third kappa shape index (κ3) is 5.18. The summed E-state index contributed by atoms with van der Waals surface area (Å²) in [6, 6.07) is 7.06. The Morgan fingerprint density at radius 2 is 1.90 bits per heavy atom. The summed E-state index contributed by atoms with van der Waals surface area (Å²) in [5.74, 6) is 0.698. The maximum Gasteiger partial charge on any atom is 0.311 e. The summed E-state index contributed by atoms with van der Waals surface area (Å²) in [5, 5.41) is 0. The van der Waals surface area contributed by atoms with Gasteiger partial charge in [0.05, 0.1) is 0 Å². The van der Waals surface area contributed by atoms with Crippen molar-refractivity contribution in [1.29, 1.82) is 0 Å². The zero-order valence-electron chi connectivity index (χ0n) is 13.2. The third-order valence-corrected chi connectivity index (χ3v) is 4.22. The van der Waals surface area contributed by atoms with Crippen LogP contribution in [0.25, 0.3) is 0 Å². The highest BCUT2D eigenvalue weighted by Gasteiger charge is 2.16. The minimum atomic E-state index is -0.0792. The largest absolute Gasteiger partial charge is 0.426 e. The highest BCUT2D eigenvalue weighted by molar-refractivity contribution is 5.73. The fourth-order valence-electron chi connectivity index (χ4n) is 2.97. The van der Waals surface area contributed by atoms with Crippen molar-refractivity contribution in [2.45, 2.75) is 77.6 Å². The molecule has 1 aromatic carbocycles. The van der Waals surface area contributed by atoms with Gasteiger partial charge in [0.2, 0.25) is 0 Å². The van der Waals surface area contributed by atoms with Crippen molar-refractivity contribution in [2.24, 2.45) is 0 Å². The summed E-state index contributed by atoms with van der Waals surface area (Å²) >= 11 is 0. The number of ether oxygens (including phenoxy) is 1. The summed E-state index contributed by atoms with van der Waals surface area (Å²) < 4.78 is 5.58. The maximum atomic E-state index is 12.0. The van der Waals surface area contributed by atoms with Gasteiger partial charge in [-0.25, -0.2) is 0 Å². The van der Waals surface area contributed by atoms with Crippen molar-refractivity contribution in [2.75, 3.05) is 0 Å². The Morgan fingerprint density at radius 3 is 2.76 bits per heavy atom. The Kier molecular flexibility index (Phi) is 6.78. The average molecular weight is 287 g/mol. The van der Waals surface area contributed by atoms with E-state index in [1.165, 1.54) is 49.7 Å². The van der Waals surface area contributed by atoms with E-state index in [1.54, 1.807) is 0 Å². The number of esters is 1. The van der Waals surface area contributed by atoms with Crippen molar-refractivity contribution in [3.63, 3.8) is 0 Å². The molecule has 1 radical (unpaired) electrons. The lowest BCUT2D eigenvalue weighted by Gasteiger charge is -2.18. The Hall–Kier alpha value is -1.31. The number of carbonyl (C=O) groups is 1.